The minimum atomic E-state index is -0.318. The van der Waals surface area contributed by atoms with Crippen molar-refractivity contribution >= 4 is 5.69 Å². The number of nitro benzene ring substituents is 1. The maximum atomic E-state index is 10.6. The van der Waals surface area contributed by atoms with Gasteiger partial charge < -0.3 is 0 Å². The van der Waals surface area contributed by atoms with E-state index in [4.69, 9.17) is 0 Å². The van der Waals surface area contributed by atoms with E-state index in [1.807, 2.05) is 39.8 Å². The normalized spacial score (nSPS) is 11.2. The number of nitro groups is 1. The van der Waals surface area contributed by atoms with Gasteiger partial charge in [-0.2, -0.15) is 0 Å². The van der Waals surface area contributed by atoms with Crippen LogP contribution in [0.15, 0.2) is 24.3 Å². The summed E-state index contributed by atoms with van der Waals surface area (Å²) in [5.74, 6) is 0.251. The molecule has 0 bridgehead atoms. The summed E-state index contributed by atoms with van der Waals surface area (Å²) in [6.45, 7) is 8.03. The molecule has 0 saturated heterocycles. The van der Waals surface area contributed by atoms with Crippen molar-refractivity contribution < 1.29 is 4.92 Å². The lowest BCUT2D eigenvalue weighted by molar-refractivity contribution is -0.385. The summed E-state index contributed by atoms with van der Waals surface area (Å²) in [5.41, 5.74) is 1.06. The summed E-state index contributed by atoms with van der Waals surface area (Å²) in [5, 5.41) is 10.6. The molecule has 0 aliphatic heterocycles. The molecular weight excluding hydrogens is 190 g/mol. The van der Waals surface area contributed by atoms with Gasteiger partial charge in [0.05, 0.1) is 4.92 Å². The van der Waals surface area contributed by atoms with Crippen molar-refractivity contribution in [3.63, 3.8) is 0 Å². The minimum Gasteiger partial charge on any atom is -0.258 e. The minimum absolute atomic E-state index is 0.233. The molecule has 0 amide bonds. The van der Waals surface area contributed by atoms with Crippen molar-refractivity contribution in [1.82, 2.24) is 0 Å². The smallest absolute Gasteiger partial charge is 0.258 e. The Bertz CT molecular complexity index is 310. The molecule has 0 aliphatic carbocycles. The Hall–Kier alpha value is -1.38. The standard InChI is InChI=1S/C10H13NO2.C2H6/c1-3-8(2)9-6-4-5-7-10(9)11(12)13;1-2/h4-8H,3H2,1-2H3;1-2H3. The van der Waals surface area contributed by atoms with Gasteiger partial charge in [0.15, 0.2) is 0 Å². The van der Waals surface area contributed by atoms with Crippen LogP contribution >= 0.6 is 0 Å². The van der Waals surface area contributed by atoms with E-state index in [0.29, 0.717) is 0 Å². The van der Waals surface area contributed by atoms with Crippen LogP contribution in [0.5, 0.6) is 0 Å². The topological polar surface area (TPSA) is 43.1 Å². The largest absolute Gasteiger partial charge is 0.272 e. The summed E-state index contributed by atoms with van der Waals surface area (Å²) in [7, 11) is 0. The van der Waals surface area contributed by atoms with Crippen LogP contribution in [0, 0.1) is 10.1 Å². The Labute approximate surface area is 91.3 Å². The highest BCUT2D eigenvalue weighted by Crippen LogP contribution is 2.27. The molecule has 3 heteroatoms. The lowest BCUT2D eigenvalue weighted by Gasteiger charge is -2.08. The lowest BCUT2D eigenvalue weighted by Crippen LogP contribution is -1.98. The van der Waals surface area contributed by atoms with E-state index in [2.05, 4.69) is 0 Å². The zero-order valence-corrected chi connectivity index (χ0v) is 9.86. The number of benzene rings is 1. The molecule has 15 heavy (non-hydrogen) atoms. The predicted octanol–water partition coefficient (Wildman–Crippen LogP) is 4.13. The quantitative estimate of drug-likeness (QED) is 0.554. The van der Waals surface area contributed by atoms with Crippen LogP contribution in [0.3, 0.4) is 0 Å². The van der Waals surface area contributed by atoms with E-state index < -0.39 is 0 Å². The third kappa shape index (κ3) is 3.70. The van der Waals surface area contributed by atoms with Crippen LogP contribution in [0.1, 0.15) is 45.6 Å². The third-order valence-electron chi connectivity index (χ3n) is 2.28. The molecule has 1 aromatic rings. The van der Waals surface area contributed by atoms with Crippen molar-refractivity contribution in [2.45, 2.75) is 40.0 Å². The molecule has 1 unspecified atom stereocenters. The van der Waals surface area contributed by atoms with E-state index in [-0.39, 0.29) is 16.5 Å². The Balaban J connectivity index is 0.000000921. The summed E-state index contributed by atoms with van der Waals surface area (Å²) < 4.78 is 0. The van der Waals surface area contributed by atoms with Crippen LogP contribution < -0.4 is 0 Å². The van der Waals surface area contributed by atoms with Gasteiger partial charge in [-0.25, -0.2) is 0 Å². The molecule has 0 radical (unpaired) electrons. The fourth-order valence-electron chi connectivity index (χ4n) is 1.29. The molecular formula is C12H19NO2. The van der Waals surface area contributed by atoms with E-state index in [9.17, 15) is 10.1 Å². The average molecular weight is 209 g/mol. The molecule has 1 aromatic carbocycles. The molecule has 84 valence electrons. The molecule has 3 nitrogen and oxygen atoms in total. The fraction of sp³-hybridized carbons (Fsp3) is 0.500. The highest BCUT2D eigenvalue weighted by molar-refractivity contribution is 5.41. The molecule has 1 rings (SSSR count). The lowest BCUT2D eigenvalue weighted by atomic mass is 9.97. The number of hydrogen-bond donors (Lipinski definition) is 0. The predicted molar refractivity (Wildman–Crippen MR) is 63.2 cm³/mol. The van der Waals surface area contributed by atoms with Gasteiger partial charge in [-0.05, 0) is 12.3 Å². The van der Waals surface area contributed by atoms with Gasteiger partial charge >= 0.3 is 0 Å². The second-order valence-corrected chi connectivity index (χ2v) is 3.13. The van der Waals surface area contributed by atoms with Crippen molar-refractivity contribution in [2.24, 2.45) is 0 Å². The highest BCUT2D eigenvalue weighted by Gasteiger charge is 2.15. The highest BCUT2D eigenvalue weighted by atomic mass is 16.6. The van der Waals surface area contributed by atoms with Gasteiger partial charge in [0.1, 0.15) is 0 Å². The van der Waals surface area contributed by atoms with Gasteiger partial charge in [-0.3, -0.25) is 10.1 Å². The summed E-state index contributed by atoms with van der Waals surface area (Å²) in [6.07, 6.45) is 0.921. The van der Waals surface area contributed by atoms with Crippen molar-refractivity contribution in [3.05, 3.63) is 39.9 Å². The van der Waals surface area contributed by atoms with Crippen LogP contribution in [0.2, 0.25) is 0 Å². The molecule has 1 atom stereocenters. The molecule has 0 aromatic heterocycles. The van der Waals surface area contributed by atoms with Gasteiger partial charge in [-0.15, -0.1) is 0 Å². The Morgan fingerprint density at radius 1 is 1.33 bits per heavy atom. The van der Waals surface area contributed by atoms with Crippen molar-refractivity contribution in [1.29, 1.82) is 0 Å². The Morgan fingerprint density at radius 3 is 2.33 bits per heavy atom. The van der Waals surface area contributed by atoms with E-state index >= 15 is 0 Å². The number of rotatable bonds is 3. The molecule has 0 aliphatic rings. The second kappa shape index (κ2) is 6.98. The Kier molecular flexibility index (Phi) is 6.34. The summed E-state index contributed by atoms with van der Waals surface area (Å²) in [6, 6.07) is 6.92. The van der Waals surface area contributed by atoms with E-state index in [0.717, 1.165) is 12.0 Å². The maximum Gasteiger partial charge on any atom is 0.272 e. The summed E-state index contributed by atoms with van der Waals surface area (Å²) in [4.78, 5) is 10.3. The fourth-order valence-corrected chi connectivity index (χ4v) is 1.29. The zero-order chi connectivity index (χ0) is 11.8. The molecule has 0 fully saturated rings. The second-order valence-electron chi connectivity index (χ2n) is 3.13. The zero-order valence-electron chi connectivity index (χ0n) is 9.86. The first-order valence-electron chi connectivity index (χ1n) is 5.40. The van der Waals surface area contributed by atoms with Gasteiger partial charge in [0, 0.05) is 11.6 Å². The monoisotopic (exact) mass is 209 g/mol. The number of nitrogens with zero attached hydrogens (tertiary/aromatic N) is 1. The third-order valence-corrected chi connectivity index (χ3v) is 2.28. The van der Waals surface area contributed by atoms with Crippen LogP contribution in [0.25, 0.3) is 0 Å². The average Bonchev–Trinajstić information content (AvgIpc) is 2.30. The van der Waals surface area contributed by atoms with Crippen LogP contribution in [0.4, 0.5) is 5.69 Å². The van der Waals surface area contributed by atoms with E-state index in [1.165, 1.54) is 0 Å². The molecule has 0 heterocycles. The molecule has 0 N–H and O–H groups in total. The van der Waals surface area contributed by atoms with Gasteiger partial charge in [0.2, 0.25) is 0 Å². The molecule has 0 saturated carbocycles. The first kappa shape index (κ1) is 13.6. The summed E-state index contributed by atoms with van der Waals surface area (Å²) >= 11 is 0. The van der Waals surface area contributed by atoms with Crippen LogP contribution in [-0.2, 0) is 0 Å². The SMILES string of the molecule is CC.CCC(C)c1ccccc1[N+](=O)[O-]. The van der Waals surface area contributed by atoms with Crippen molar-refractivity contribution in [3.8, 4) is 0 Å². The number of para-hydroxylation sites is 1. The number of hydrogen-bond acceptors (Lipinski definition) is 2. The maximum absolute atomic E-state index is 10.6. The van der Waals surface area contributed by atoms with Crippen molar-refractivity contribution in [2.75, 3.05) is 0 Å². The first-order chi connectivity index (χ1) is 7.16. The first-order valence-corrected chi connectivity index (χ1v) is 5.40. The molecule has 0 spiro atoms. The Morgan fingerprint density at radius 2 is 1.87 bits per heavy atom. The van der Waals surface area contributed by atoms with Crippen LogP contribution in [-0.4, -0.2) is 4.92 Å². The van der Waals surface area contributed by atoms with Gasteiger partial charge in [-0.1, -0.05) is 45.9 Å². The van der Waals surface area contributed by atoms with E-state index in [1.54, 1.807) is 12.1 Å². The van der Waals surface area contributed by atoms with Gasteiger partial charge in [0.25, 0.3) is 5.69 Å².